The van der Waals surface area contributed by atoms with Crippen molar-refractivity contribution >= 4 is 11.7 Å². The number of rotatable bonds is 8. The highest BCUT2D eigenvalue weighted by molar-refractivity contribution is 5.69. The fourth-order valence-corrected chi connectivity index (χ4v) is 4.47. The molecule has 1 fully saturated rings. The van der Waals surface area contributed by atoms with E-state index < -0.39 is 5.97 Å². The van der Waals surface area contributed by atoms with Crippen molar-refractivity contribution in [2.45, 2.75) is 63.5 Å². The van der Waals surface area contributed by atoms with Crippen LogP contribution in [0.25, 0.3) is 0 Å². The largest absolute Gasteiger partial charge is 0.490 e. The summed E-state index contributed by atoms with van der Waals surface area (Å²) >= 11 is 0. The zero-order valence-electron chi connectivity index (χ0n) is 16.3. The molecule has 1 aromatic heterocycles. The fourth-order valence-electron chi connectivity index (χ4n) is 4.47. The molecule has 2 heterocycles. The van der Waals surface area contributed by atoms with Gasteiger partial charge in [0.05, 0.1) is 18.9 Å². The molecule has 1 unspecified atom stereocenters. The number of hydrogen-bond donors (Lipinski definition) is 1. The Labute approximate surface area is 166 Å². The molecule has 6 nitrogen and oxygen atoms in total. The summed E-state index contributed by atoms with van der Waals surface area (Å²) < 4.78 is 8.38. The number of carbonyl (C=O) groups is 1. The molecule has 1 atom stereocenters. The highest BCUT2D eigenvalue weighted by Crippen LogP contribution is 2.41. The third-order valence-corrected chi connectivity index (χ3v) is 5.97. The van der Waals surface area contributed by atoms with Gasteiger partial charge in [-0.15, -0.1) is 0 Å². The molecule has 1 saturated carbocycles. The number of ether oxygens (including phenoxy) is 1. The maximum Gasteiger partial charge on any atom is 0.305 e. The van der Waals surface area contributed by atoms with Crippen molar-refractivity contribution in [2.24, 2.45) is 0 Å². The Kier molecular flexibility index (Phi) is 5.84. The molecule has 0 spiro atoms. The van der Waals surface area contributed by atoms with Crippen LogP contribution in [0, 0.1) is 0 Å². The number of aryl methyl sites for hydroxylation is 1. The first-order valence-electron chi connectivity index (χ1n) is 10.4. The lowest BCUT2D eigenvalue weighted by Gasteiger charge is -2.24. The first-order chi connectivity index (χ1) is 13.7. The first kappa shape index (κ1) is 18.8. The average Bonchev–Trinajstić information content (AvgIpc) is 3.33. The third kappa shape index (κ3) is 4.49. The molecule has 28 heavy (non-hydrogen) atoms. The molecule has 6 heteroatoms. The van der Waals surface area contributed by atoms with Gasteiger partial charge in [0.2, 0.25) is 0 Å². The predicted molar refractivity (Wildman–Crippen MR) is 108 cm³/mol. The number of fused-ring (bicyclic) bond motifs is 1. The van der Waals surface area contributed by atoms with Gasteiger partial charge >= 0.3 is 5.97 Å². The van der Waals surface area contributed by atoms with Gasteiger partial charge in [0.15, 0.2) is 0 Å². The number of hydrogen-bond acceptors (Lipinski definition) is 4. The van der Waals surface area contributed by atoms with Crippen LogP contribution >= 0.6 is 0 Å². The Morgan fingerprint density at radius 2 is 2.07 bits per heavy atom. The van der Waals surface area contributed by atoms with E-state index in [4.69, 9.17) is 9.84 Å². The quantitative estimate of drug-likeness (QED) is 0.744. The SMILES string of the molecule is O=C(O)CCN1CC(CCn2ccnc2)c2cc(OC3CCCCC3)ccc21. The lowest BCUT2D eigenvalue weighted by Crippen LogP contribution is -2.25. The number of anilines is 1. The van der Waals surface area contributed by atoms with Gasteiger partial charge in [-0.2, -0.15) is 0 Å². The van der Waals surface area contributed by atoms with E-state index in [-0.39, 0.29) is 6.42 Å². The van der Waals surface area contributed by atoms with E-state index in [0.29, 0.717) is 18.6 Å². The van der Waals surface area contributed by atoms with Gasteiger partial charge in [0.25, 0.3) is 0 Å². The molecule has 2 aromatic rings. The van der Waals surface area contributed by atoms with Gasteiger partial charge in [-0.05, 0) is 55.9 Å². The minimum Gasteiger partial charge on any atom is -0.490 e. The average molecular weight is 383 g/mol. The topological polar surface area (TPSA) is 67.6 Å². The van der Waals surface area contributed by atoms with Crippen LogP contribution in [0.5, 0.6) is 5.75 Å². The molecule has 4 rings (SSSR count). The summed E-state index contributed by atoms with van der Waals surface area (Å²) in [7, 11) is 0. The second kappa shape index (κ2) is 8.67. The van der Waals surface area contributed by atoms with Crippen LogP contribution in [0.3, 0.4) is 0 Å². The molecular weight excluding hydrogens is 354 g/mol. The molecule has 2 aliphatic rings. The minimum atomic E-state index is -0.749. The van der Waals surface area contributed by atoms with E-state index in [0.717, 1.165) is 43.8 Å². The lowest BCUT2D eigenvalue weighted by atomic mass is 9.96. The third-order valence-electron chi connectivity index (χ3n) is 5.97. The van der Waals surface area contributed by atoms with Crippen molar-refractivity contribution in [1.29, 1.82) is 0 Å². The summed E-state index contributed by atoms with van der Waals surface area (Å²) in [5, 5.41) is 9.09. The van der Waals surface area contributed by atoms with Crippen LogP contribution in [0.2, 0.25) is 0 Å². The van der Waals surface area contributed by atoms with Crippen LogP contribution in [-0.2, 0) is 11.3 Å². The Balaban J connectivity index is 1.49. The minimum absolute atomic E-state index is 0.161. The van der Waals surface area contributed by atoms with E-state index in [1.54, 1.807) is 6.20 Å². The molecule has 0 amide bonds. The molecule has 1 aliphatic carbocycles. The summed E-state index contributed by atoms with van der Waals surface area (Å²) in [6.07, 6.45) is 13.3. The van der Waals surface area contributed by atoms with E-state index >= 15 is 0 Å². The van der Waals surface area contributed by atoms with E-state index in [1.807, 2.05) is 12.5 Å². The summed E-state index contributed by atoms with van der Waals surface area (Å²) in [5.74, 6) is 0.583. The molecular formula is C22H29N3O3. The van der Waals surface area contributed by atoms with Crippen LogP contribution in [0.15, 0.2) is 36.9 Å². The monoisotopic (exact) mass is 383 g/mol. The van der Waals surface area contributed by atoms with Gasteiger partial charge in [-0.3, -0.25) is 4.79 Å². The van der Waals surface area contributed by atoms with Crippen molar-refractivity contribution < 1.29 is 14.6 Å². The van der Waals surface area contributed by atoms with Gasteiger partial charge in [0, 0.05) is 43.6 Å². The maximum absolute atomic E-state index is 11.0. The molecule has 0 bridgehead atoms. The Morgan fingerprint density at radius 3 is 2.82 bits per heavy atom. The molecule has 0 radical (unpaired) electrons. The second-order valence-corrected chi connectivity index (χ2v) is 7.97. The van der Waals surface area contributed by atoms with Gasteiger partial charge in [0.1, 0.15) is 5.75 Å². The number of carboxylic acid groups (broad SMARTS) is 1. The number of imidazole rings is 1. The molecule has 1 aliphatic heterocycles. The number of benzene rings is 1. The van der Waals surface area contributed by atoms with Crippen molar-refractivity contribution in [2.75, 3.05) is 18.0 Å². The summed E-state index contributed by atoms with van der Waals surface area (Å²) in [6, 6.07) is 6.37. The highest BCUT2D eigenvalue weighted by atomic mass is 16.5. The van der Waals surface area contributed by atoms with Gasteiger partial charge in [-0.25, -0.2) is 4.98 Å². The summed E-state index contributed by atoms with van der Waals surface area (Å²) in [4.78, 5) is 17.4. The number of aromatic nitrogens is 2. The van der Waals surface area contributed by atoms with Crippen LogP contribution in [0.1, 0.15) is 56.4 Å². The highest BCUT2D eigenvalue weighted by Gasteiger charge is 2.29. The Hall–Kier alpha value is -2.50. The fraction of sp³-hybridized carbons (Fsp3) is 0.545. The normalized spacial score (nSPS) is 19.6. The summed E-state index contributed by atoms with van der Waals surface area (Å²) in [5.41, 5.74) is 2.45. The maximum atomic E-state index is 11.0. The van der Waals surface area contributed by atoms with E-state index in [1.165, 1.54) is 24.8 Å². The van der Waals surface area contributed by atoms with Crippen LogP contribution < -0.4 is 9.64 Å². The van der Waals surface area contributed by atoms with Crippen molar-refractivity contribution in [3.63, 3.8) is 0 Å². The van der Waals surface area contributed by atoms with Gasteiger partial charge in [-0.1, -0.05) is 6.42 Å². The summed E-state index contributed by atoms with van der Waals surface area (Å²) in [6.45, 7) is 2.32. The molecule has 0 saturated heterocycles. The zero-order valence-corrected chi connectivity index (χ0v) is 16.3. The van der Waals surface area contributed by atoms with E-state index in [2.05, 4.69) is 32.7 Å². The Morgan fingerprint density at radius 1 is 1.21 bits per heavy atom. The smallest absolute Gasteiger partial charge is 0.305 e. The predicted octanol–water partition coefficient (Wildman–Crippen LogP) is 4.06. The first-order valence-corrected chi connectivity index (χ1v) is 10.4. The zero-order chi connectivity index (χ0) is 19.3. The van der Waals surface area contributed by atoms with Crippen molar-refractivity contribution in [3.8, 4) is 5.75 Å². The second-order valence-electron chi connectivity index (χ2n) is 7.97. The number of nitrogens with zero attached hydrogens (tertiary/aromatic N) is 3. The van der Waals surface area contributed by atoms with E-state index in [9.17, 15) is 4.79 Å². The molecule has 150 valence electrons. The van der Waals surface area contributed by atoms with Gasteiger partial charge < -0.3 is 19.3 Å². The van der Waals surface area contributed by atoms with Crippen LogP contribution in [-0.4, -0.2) is 39.8 Å². The lowest BCUT2D eigenvalue weighted by molar-refractivity contribution is -0.136. The van der Waals surface area contributed by atoms with Crippen molar-refractivity contribution in [3.05, 3.63) is 42.5 Å². The standard InChI is InChI=1S/C22H29N3O3/c26-22(27)9-12-25-15-17(8-11-24-13-10-23-16-24)20-14-19(6-7-21(20)25)28-18-4-2-1-3-5-18/h6-7,10,13-14,16-18H,1-5,8-9,11-12,15H2,(H,26,27). The number of carboxylic acids is 1. The molecule has 1 aromatic carbocycles. The van der Waals surface area contributed by atoms with Crippen LogP contribution in [0.4, 0.5) is 5.69 Å². The van der Waals surface area contributed by atoms with Crippen molar-refractivity contribution in [1.82, 2.24) is 9.55 Å². The number of aliphatic carboxylic acids is 1. The molecule has 1 N–H and O–H groups in total. The Bertz CT molecular complexity index is 784.